The first-order valence-corrected chi connectivity index (χ1v) is 8.04. The maximum Gasteiger partial charge on any atom is 0.0558 e. The fourth-order valence-electron chi connectivity index (χ4n) is 3.12. The maximum absolute atomic E-state index is 9.26. The van der Waals surface area contributed by atoms with Crippen LogP contribution < -0.4 is 4.90 Å². The normalized spacial score (nSPS) is 19.1. The summed E-state index contributed by atoms with van der Waals surface area (Å²) in [5.74, 6) is 0. The first-order chi connectivity index (χ1) is 9.79. The zero-order valence-electron chi connectivity index (χ0n) is 11.9. The van der Waals surface area contributed by atoms with Crippen LogP contribution in [0.4, 0.5) is 5.69 Å². The summed E-state index contributed by atoms with van der Waals surface area (Å²) < 4.78 is 0. The van der Waals surface area contributed by atoms with Gasteiger partial charge in [-0.1, -0.05) is 17.7 Å². The lowest BCUT2D eigenvalue weighted by molar-refractivity contribution is 0.183. The Labute approximate surface area is 126 Å². The lowest BCUT2D eigenvalue weighted by Crippen LogP contribution is -2.30. The van der Waals surface area contributed by atoms with E-state index in [1.165, 1.54) is 36.9 Å². The average molecular weight is 295 g/mol. The van der Waals surface area contributed by atoms with Gasteiger partial charge in [-0.15, -0.1) is 0 Å². The van der Waals surface area contributed by atoms with E-state index in [1.54, 1.807) is 0 Å². The van der Waals surface area contributed by atoms with Crippen LogP contribution in [0.5, 0.6) is 0 Å². The third-order valence-corrected chi connectivity index (χ3v) is 4.71. The Hall–Kier alpha value is -0.770. The molecule has 0 spiro atoms. The number of anilines is 1. The summed E-state index contributed by atoms with van der Waals surface area (Å²) in [7, 11) is 0. The predicted molar refractivity (Wildman–Crippen MR) is 83.4 cm³/mol. The van der Waals surface area contributed by atoms with Gasteiger partial charge in [0.15, 0.2) is 0 Å². The molecule has 1 N–H and O–H groups in total. The van der Waals surface area contributed by atoms with E-state index in [0.717, 1.165) is 31.2 Å². The first-order valence-electron chi connectivity index (χ1n) is 7.67. The zero-order chi connectivity index (χ0) is 13.9. The molecule has 4 heteroatoms. The minimum Gasteiger partial charge on any atom is -0.395 e. The van der Waals surface area contributed by atoms with Crippen molar-refractivity contribution in [2.45, 2.75) is 38.3 Å². The van der Waals surface area contributed by atoms with Crippen molar-refractivity contribution in [3.8, 4) is 0 Å². The van der Waals surface area contributed by atoms with Crippen molar-refractivity contribution < 1.29 is 5.11 Å². The highest BCUT2D eigenvalue weighted by Gasteiger charge is 2.30. The highest BCUT2D eigenvalue weighted by Crippen LogP contribution is 2.34. The fraction of sp³-hybridized carbons (Fsp3) is 0.625. The van der Waals surface area contributed by atoms with Gasteiger partial charge in [0.1, 0.15) is 0 Å². The predicted octanol–water partition coefficient (Wildman–Crippen LogP) is 2.90. The Balaban J connectivity index is 1.82. The number of nitrogens with zero attached hydrogens (tertiary/aromatic N) is 2. The third-order valence-electron chi connectivity index (χ3n) is 4.35. The number of hydrogen-bond acceptors (Lipinski definition) is 3. The Morgan fingerprint density at radius 2 is 2.00 bits per heavy atom. The van der Waals surface area contributed by atoms with Crippen LogP contribution in [0.3, 0.4) is 0 Å². The zero-order valence-corrected chi connectivity index (χ0v) is 12.6. The van der Waals surface area contributed by atoms with Crippen LogP contribution in [0, 0.1) is 0 Å². The molecule has 1 aromatic carbocycles. The van der Waals surface area contributed by atoms with Crippen molar-refractivity contribution in [1.82, 2.24) is 4.90 Å². The molecule has 20 heavy (non-hydrogen) atoms. The first kappa shape index (κ1) is 14.2. The summed E-state index contributed by atoms with van der Waals surface area (Å²) in [6.07, 6.45) is 5.05. The Kier molecular flexibility index (Phi) is 4.49. The Morgan fingerprint density at radius 1 is 1.25 bits per heavy atom. The van der Waals surface area contributed by atoms with E-state index >= 15 is 0 Å². The minimum atomic E-state index is 0.222. The second kappa shape index (κ2) is 6.33. The quantitative estimate of drug-likeness (QED) is 0.874. The summed E-state index contributed by atoms with van der Waals surface area (Å²) in [4.78, 5) is 4.83. The lowest BCUT2D eigenvalue weighted by atomic mass is 10.1. The molecule has 3 nitrogen and oxygen atoms in total. The van der Waals surface area contributed by atoms with E-state index in [0.29, 0.717) is 6.04 Å². The summed E-state index contributed by atoms with van der Waals surface area (Å²) in [6.45, 7) is 4.10. The lowest BCUT2D eigenvalue weighted by Gasteiger charge is -2.27. The Bertz CT molecular complexity index is 456. The number of hydrogen-bond donors (Lipinski definition) is 1. The number of benzene rings is 1. The molecule has 0 bridgehead atoms. The van der Waals surface area contributed by atoms with Gasteiger partial charge in [0, 0.05) is 48.5 Å². The molecule has 0 radical (unpaired) electrons. The molecule has 1 aromatic rings. The molecular formula is C16H23ClN2O. The number of halogens is 1. The molecule has 0 amide bonds. The van der Waals surface area contributed by atoms with E-state index in [9.17, 15) is 5.11 Å². The maximum atomic E-state index is 9.26. The van der Waals surface area contributed by atoms with Gasteiger partial charge in [-0.05, 0) is 37.8 Å². The summed E-state index contributed by atoms with van der Waals surface area (Å²) in [6, 6.07) is 6.87. The van der Waals surface area contributed by atoms with Gasteiger partial charge in [0.25, 0.3) is 0 Å². The molecule has 0 unspecified atom stereocenters. The number of aliphatic hydroxyl groups is 1. The third kappa shape index (κ3) is 3.11. The number of rotatable bonds is 6. The average Bonchev–Trinajstić information content (AvgIpc) is 3.15. The fourth-order valence-corrected chi connectivity index (χ4v) is 3.35. The van der Waals surface area contributed by atoms with Crippen LogP contribution in [0.1, 0.15) is 31.2 Å². The molecule has 2 aliphatic rings. The van der Waals surface area contributed by atoms with Gasteiger partial charge in [-0.25, -0.2) is 0 Å². The summed E-state index contributed by atoms with van der Waals surface area (Å²) in [5, 5.41) is 10.1. The van der Waals surface area contributed by atoms with Crippen LogP contribution in [0.25, 0.3) is 0 Å². The highest BCUT2D eigenvalue weighted by atomic mass is 35.5. The van der Waals surface area contributed by atoms with Crippen LogP contribution >= 0.6 is 11.6 Å². The van der Waals surface area contributed by atoms with Crippen molar-refractivity contribution >= 4 is 17.3 Å². The van der Waals surface area contributed by atoms with E-state index in [4.69, 9.17) is 11.6 Å². The molecule has 110 valence electrons. The molecule has 1 saturated heterocycles. The van der Waals surface area contributed by atoms with Crippen LogP contribution in [0.2, 0.25) is 5.02 Å². The topological polar surface area (TPSA) is 26.7 Å². The molecule has 0 aromatic heterocycles. The molecule has 1 saturated carbocycles. The minimum absolute atomic E-state index is 0.222. The molecule has 0 atom stereocenters. The second-order valence-electron chi connectivity index (χ2n) is 5.86. The number of aliphatic hydroxyl groups excluding tert-OH is 1. The van der Waals surface area contributed by atoms with Crippen LogP contribution in [-0.4, -0.2) is 42.3 Å². The van der Waals surface area contributed by atoms with E-state index in [2.05, 4.69) is 15.9 Å². The van der Waals surface area contributed by atoms with Crippen molar-refractivity contribution in [1.29, 1.82) is 0 Å². The summed E-state index contributed by atoms with van der Waals surface area (Å²) in [5.41, 5.74) is 2.52. The summed E-state index contributed by atoms with van der Waals surface area (Å²) >= 11 is 6.46. The van der Waals surface area contributed by atoms with Gasteiger partial charge >= 0.3 is 0 Å². The van der Waals surface area contributed by atoms with Crippen molar-refractivity contribution in [2.24, 2.45) is 0 Å². The van der Waals surface area contributed by atoms with E-state index in [-0.39, 0.29) is 6.61 Å². The van der Waals surface area contributed by atoms with Crippen molar-refractivity contribution in [3.05, 3.63) is 28.8 Å². The molecule has 1 aliphatic heterocycles. The smallest absolute Gasteiger partial charge is 0.0558 e. The largest absolute Gasteiger partial charge is 0.395 e. The molecule has 1 heterocycles. The monoisotopic (exact) mass is 294 g/mol. The van der Waals surface area contributed by atoms with Gasteiger partial charge in [-0.2, -0.15) is 0 Å². The van der Waals surface area contributed by atoms with E-state index < -0.39 is 0 Å². The SMILES string of the molecule is OCCN(Cc1c(Cl)cccc1N1CCCC1)C1CC1. The van der Waals surface area contributed by atoms with Crippen molar-refractivity contribution in [2.75, 3.05) is 31.1 Å². The van der Waals surface area contributed by atoms with Crippen molar-refractivity contribution in [3.63, 3.8) is 0 Å². The molecule has 1 aliphatic carbocycles. The van der Waals surface area contributed by atoms with E-state index in [1.807, 2.05) is 12.1 Å². The van der Waals surface area contributed by atoms with Gasteiger partial charge in [0.2, 0.25) is 0 Å². The van der Waals surface area contributed by atoms with Gasteiger partial charge < -0.3 is 10.0 Å². The second-order valence-corrected chi connectivity index (χ2v) is 6.26. The highest BCUT2D eigenvalue weighted by molar-refractivity contribution is 6.31. The standard InChI is InChI=1S/C16H23ClN2O/c17-15-4-3-5-16(18-8-1-2-9-18)14(15)12-19(10-11-20)13-6-7-13/h3-5,13,20H,1-2,6-12H2. The van der Waals surface area contributed by atoms with Gasteiger partial charge in [0.05, 0.1) is 6.61 Å². The van der Waals surface area contributed by atoms with Crippen LogP contribution in [0.15, 0.2) is 18.2 Å². The Morgan fingerprint density at radius 3 is 2.65 bits per heavy atom. The molecular weight excluding hydrogens is 272 g/mol. The van der Waals surface area contributed by atoms with Gasteiger partial charge in [-0.3, -0.25) is 4.90 Å². The van der Waals surface area contributed by atoms with Crippen LogP contribution in [-0.2, 0) is 6.54 Å². The molecule has 3 rings (SSSR count). The molecule has 2 fully saturated rings.